The lowest BCUT2D eigenvalue weighted by molar-refractivity contribution is -0.138. The van der Waals surface area contributed by atoms with Crippen molar-refractivity contribution in [2.24, 2.45) is 5.92 Å². The van der Waals surface area contributed by atoms with Gasteiger partial charge in [-0.1, -0.05) is 58.3 Å². The Labute approximate surface area is 118 Å². The first-order valence-electron chi connectivity index (χ1n) is 7.68. The van der Waals surface area contributed by atoms with Crippen LogP contribution in [0.4, 0.5) is 0 Å². The largest absolute Gasteiger partial charge is 0.463 e. The first-order valence-corrected chi connectivity index (χ1v) is 7.68. The highest BCUT2D eigenvalue weighted by Crippen LogP contribution is 2.19. The number of rotatable bonds is 12. The van der Waals surface area contributed by atoms with Gasteiger partial charge in [-0.05, 0) is 31.6 Å². The number of esters is 1. The van der Waals surface area contributed by atoms with Crippen molar-refractivity contribution in [2.75, 3.05) is 6.61 Å². The minimum atomic E-state index is -0.306. The third-order valence-corrected chi connectivity index (χ3v) is 3.27. The number of hydrogen-bond donors (Lipinski definition) is 0. The van der Waals surface area contributed by atoms with Gasteiger partial charge in [0.1, 0.15) is 0 Å². The van der Waals surface area contributed by atoms with Gasteiger partial charge >= 0.3 is 5.97 Å². The zero-order valence-electron chi connectivity index (χ0n) is 12.7. The van der Waals surface area contributed by atoms with Crippen LogP contribution in [0.2, 0.25) is 0 Å². The molecule has 0 bridgehead atoms. The van der Waals surface area contributed by atoms with Crippen molar-refractivity contribution in [1.82, 2.24) is 0 Å². The van der Waals surface area contributed by atoms with E-state index in [2.05, 4.69) is 32.6 Å². The van der Waals surface area contributed by atoms with E-state index in [9.17, 15) is 4.79 Å². The molecule has 0 aliphatic heterocycles. The molecule has 0 saturated carbocycles. The van der Waals surface area contributed by atoms with E-state index < -0.39 is 0 Å². The molecule has 0 heterocycles. The predicted molar refractivity (Wildman–Crippen MR) is 82.1 cm³/mol. The number of carbonyl (C=O) groups excluding carboxylic acids is 1. The Morgan fingerprint density at radius 2 is 1.95 bits per heavy atom. The Morgan fingerprint density at radius 3 is 2.58 bits per heavy atom. The normalized spacial score (nSPS) is 12.5. The van der Waals surface area contributed by atoms with E-state index >= 15 is 0 Å². The summed E-state index contributed by atoms with van der Waals surface area (Å²) in [5, 5.41) is 0. The van der Waals surface area contributed by atoms with Gasteiger partial charge in [0.2, 0.25) is 0 Å². The van der Waals surface area contributed by atoms with Crippen molar-refractivity contribution < 1.29 is 9.53 Å². The lowest BCUT2D eigenvalue weighted by Crippen LogP contribution is -2.08. The molecule has 19 heavy (non-hydrogen) atoms. The molecule has 1 atom stereocenters. The number of hydrogen-bond acceptors (Lipinski definition) is 2. The summed E-state index contributed by atoms with van der Waals surface area (Å²) >= 11 is 0. The fraction of sp³-hybridized carbons (Fsp3) is 0.706. The van der Waals surface area contributed by atoms with Crippen LogP contribution in [0.5, 0.6) is 0 Å². The van der Waals surface area contributed by atoms with Gasteiger partial charge in [0.05, 0.1) is 6.61 Å². The van der Waals surface area contributed by atoms with Crippen LogP contribution in [0.3, 0.4) is 0 Å². The molecule has 0 radical (unpaired) electrons. The van der Waals surface area contributed by atoms with Crippen LogP contribution in [0, 0.1) is 5.92 Å². The smallest absolute Gasteiger partial charge is 0.330 e. The number of ether oxygens (including phenoxy) is 1. The van der Waals surface area contributed by atoms with Gasteiger partial charge in [0.25, 0.3) is 0 Å². The Balaban J connectivity index is 3.69. The second kappa shape index (κ2) is 13.4. The van der Waals surface area contributed by atoms with Crippen molar-refractivity contribution in [3.8, 4) is 0 Å². The average Bonchev–Trinajstić information content (AvgIpc) is 2.42. The van der Waals surface area contributed by atoms with Crippen LogP contribution in [-0.4, -0.2) is 12.6 Å². The summed E-state index contributed by atoms with van der Waals surface area (Å²) in [6.07, 6.45) is 15.3. The van der Waals surface area contributed by atoms with E-state index in [-0.39, 0.29) is 5.97 Å². The van der Waals surface area contributed by atoms with E-state index in [4.69, 9.17) is 4.74 Å². The molecule has 0 N–H and O–H groups in total. The van der Waals surface area contributed by atoms with E-state index in [1.165, 1.54) is 44.6 Å². The minimum absolute atomic E-state index is 0.306. The third-order valence-electron chi connectivity index (χ3n) is 3.27. The van der Waals surface area contributed by atoms with Crippen LogP contribution in [-0.2, 0) is 9.53 Å². The molecule has 0 rings (SSSR count). The first-order chi connectivity index (χ1) is 9.24. The van der Waals surface area contributed by atoms with Gasteiger partial charge in [-0.3, -0.25) is 0 Å². The van der Waals surface area contributed by atoms with E-state index in [0.29, 0.717) is 12.5 Å². The fourth-order valence-corrected chi connectivity index (χ4v) is 2.21. The minimum Gasteiger partial charge on any atom is -0.463 e. The maximum Gasteiger partial charge on any atom is 0.330 e. The molecule has 0 aliphatic rings. The Bertz CT molecular complexity index is 256. The summed E-state index contributed by atoms with van der Waals surface area (Å²) in [5.74, 6) is 0.387. The fourth-order valence-electron chi connectivity index (χ4n) is 2.21. The highest BCUT2D eigenvalue weighted by molar-refractivity contribution is 5.81. The molecular weight excluding hydrogens is 236 g/mol. The molecule has 110 valence electrons. The zero-order chi connectivity index (χ0) is 14.3. The van der Waals surface area contributed by atoms with Crippen molar-refractivity contribution in [3.63, 3.8) is 0 Å². The van der Waals surface area contributed by atoms with E-state index in [1.807, 2.05) is 0 Å². The maximum atomic E-state index is 11.0. The molecule has 0 aromatic rings. The summed E-state index contributed by atoms with van der Waals surface area (Å²) in [7, 11) is 0. The van der Waals surface area contributed by atoms with Crippen LogP contribution in [0.15, 0.2) is 24.8 Å². The Morgan fingerprint density at radius 1 is 1.16 bits per heavy atom. The van der Waals surface area contributed by atoms with E-state index in [1.54, 1.807) is 0 Å². The quantitative estimate of drug-likeness (QED) is 0.214. The summed E-state index contributed by atoms with van der Waals surface area (Å²) in [6, 6.07) is 0. The van der Waals surface area contributed by atoms with Gasteiger partial charge < -0.3 is 4.74 Å². The van der Waals surface area contributed by atoms with Gasteiger partial charge in [0, 0.05) is 6.08 Å². The molecule has 0 aromatic carbocycles. The monoisotopic (exact) mass is 266 g/mol. The molecule has 1 unspecified atom stereocenters. The topological polar surface area (TPSA) is 26.3 Å². The summed E-state index contributed by atoms with van der Waals surface area (Å²) in [6.45, 7) is 8.31. The molecule has 0 aliphatic carbocycles. The molecule has 0 spiro atoms. The third kappa shape index (κ3) is 11.8. The maximum absolute atomic E-state index is 11.0. The average molecular weight is 266 g/mol. The molecule has 0 saturated heterocycles. The standard InChI is InChI=1S/C17H30O2/c1-4-7-8-9-10-11-13-16(12-5-2)14-15-19-17(18)6-3/h6-8,16H,3-5,9-15H2,1-2H3. The van der Waals surface area contributed by atoms with Crippen LogP contribution >= 0.6 is 0 Å². The van der Waals surface area contributed by atoms with Crippen LogP contribution in [0.25, 0.3) is 0 Å². The molecule has 0 fully saturated rings. The summed E-state index contributed by atoms with van der Waals surface area (Å²) in [5.41, 5.74) is 0. The SMILES string of the molecule is C=CC(=O)OCCC(CCC)CCCCC=CCC. The van der Waals surface area contributed by atoms with Gasteiger partial charge in [0.15, 0.2) is 0 Å². The van der Waals surface area contributed by atoms with Crippen molar-refractivity contribution >= 4 is 5.97 Å². The highest BCUT2D eigenvalue weighted by atomic mass is 16.5. The number of allylic oxidation sites excluding steroid dienone is 2. The Kier molecular flexibility index (Phi) is 12.6. The molecule has 0 aromatic heterocycles. The van der Waals surface area contributed by atoms with Crippen LogP contribution in [0.1, 0.15) is 65.2 Å². The number of carbonyl (C=O) groups is 1. The lowest BCUT2D eigenvalue weighted by Gasteiger charge is -2.15. The predicted octanol–water partition coefficient (Wildman–Crippen LogP) is 5.05. The highest BCUT2D eigenvalue weighted by Gasteiger charge is 2.08. The van der Waals surface area contributed by atoms with Gasteiger partial charge in [-0.25, -0.2) is 4.79 Å². The number of unbranched alkanes of at least 4 members (excludes halogenated alkanes) is 2. The van der Waals surface area contributed by atoms with Crippen molar-refractivity contribution in [3.05, 3.63) is 24.8 Å². The first kappa shape index (κ1) is 17.9. The molecule has 2 heteroatoms. The van der Waals surface area contributed by atoms with Crippen LogP contribution < -0.4 is 0 Å². The Hall–Kier alpha value is -1.05. The summed E-state index contributed by atoms with van der Waals surface area (Å²) < 4.78 is 5.06. The van der Waals surface area contributed by atoms with Crippen molar-refractivity contribution in [2.45, 2.75) is 65.2 Å². The molecule has 2 nitrogen and oxygen atoms in total. The second-order valence-corrected chi connectivity index (χ2v) is 4.98. The van der Waals surface area contributed by atoms with Crippen molar-refractivity contribution in [1.29, 1.82) is 0 Å². The van der Waals surface area contributed by atoms with Gasteiger partial charge in [-0.2, -0.15) is 0 Å². The zero-order valence-corrected chi connectivity index (χ0v) is 12.7. The van der Waals surface area contributed by atoms with Gasteiger partial charge in [-0.15, -0.1) is 0 Å². The molecular formula is C17H30O2. The summed E-state index contributed by atoms with van der Waals surface area (Å²) in [4.78, 5) is 11.0. The molecule has 0 amide bonds. The lowest BCUT2D eigenvalue weighted by atomic mass is 9.93. The van der Waals surface area contributed by atoms with E-state index in [0.717, 1.165) is 12.8 Å². The second-order valence-electron chi connectivity index (χ2n) is 4.98.